The Morgan fingerprint density at radius 1 is 1.12 bits per heavy atom. The number of nitrogens with one attached hydrogen (secondary N) is 2. The number of benzene rings is 1. The fraction of sp³-hybridized carbons (Fsp3) is 0.556. The van der Waals surface area contributed by atoms with Crippen molar-refractivity contribution in [3.63, 3.8) is 0 Å². The summed E-state index contributed by atoms with van der Waals surface area (Å²) in [7, 11) is 0. The van der Waals surface area contributed by atoms with Crippen LogP contribution in [0.3, 0.4) is 0 Å². The van der Waals surface area contributed by atoms with E-state index in [1.165, 1.54) is 5.56 Å². The molecule has 6 nitrogen and oxygen atoms in total. The van der Waals surface area contributed by atoms with Crippen LogP contribution in [-0.4, -0.2) is 34.0 Å². The number of carboxylic acid groups (broad SMARTS) is 1. The molecule has 0 aromatic heterocycles. The summed E-state index contributed by atoms with van der Waals surface area (Å²) < 4.78 is 5.58. The molecule has 4 rings (SSSR count). The van der Waals surface area contributed by atoms with Crippen molar-refractivity contribution in [3.8, 4) is 0 Å². The lowest BCUT2D eigenvalue weighted by Crippen LogP contribution is -2.83. The Morgan fingerprint density at radius 2 is 1.71 bits per heavy atom. The minimum atomic E-state index is -1.01. The van der Waals surface area contributed by atoms with Gasteiger partial charge in [-0.25, -0.2) is 9.59 Å². The predicted molar refractivity (Wildman–Crippen MR) is 88.9 cm³/mol. The summed E-state index contributed by atoms with van der Waals surface area (Å²) in [6, 6.07) is 10.1. The van der Waals surface area contributed by atoms with Gasteiger partial charge >= 0.3 is 12.2 Å². The zero-order chi connectivity index (χ0) is 17.4. The Balaban J connectivity index is 1.43. The molecular weight excluding hydrogens is 308 g/mol. The largest absolute Gasteiger partial charge is 0.465 e. The van der Waals surface area contributed by atoms with Crippen LogP contribution < -0.4 is 10.6 Å². The molecule has 24 heavy (non-hydrogen) atoms. The van der Waals surface area contributed by atoms with Crippen LogP contribution in [0.2, 0.25) is 0 Å². The summed E-state index contributed by atoms with van der Waals surface area (Å²) in [6.45, 7) is 3.82. The molecule has 6 heteroatoms. The first kappa shape index (κ1) is 16.6. The molecule has 2 amide bonds. The Hall–Kier alpha value is -2.24. The number of hydrogen-bond acceptors (Lipinski definition) is 3. The minimum Gasteiger partial charge on any atom is -0.465 e. The van der Waals surface area contributed by atoms with Crippen molar-refractivity contribution in [2.75, 3.05) is 0 Å². The predicted octanol–water partition coefficient (Wildman–Crippen LogP) is 3.07. The number of aryl methyl sites for hydroxylation is 1. The van der Waals surface area contributed by atoms with Crippen LogP contribution in [0, 0.1) is 0 Å². The zero-order valence-corrected chi connectivity index (χ0v) is 14.1. The number of carbonyl (C=O) groups is 2. The first-order valence-corrected chi connectivity index (χ1v) is 8.28. The monoisotopic (exact) mass is 332 g/mol. The van der Waals surface area contributed by atoms with Crippen molar-refractivity contribution in [1.82, 2.24) is 10.6 Å². The fourth-order valence-electron chi connectivity index (χ4n) is 3.91. The second-order valence-electron chi connectivity index (χ2n) is 7.78. The number of alkyl carbamates (subject to hydrolysis) is 1. The van der Waals surface area contributed by atoms with Gasteiger partial charge in [-0.1, -0.05) is 30.3 Å². The third-order valence-electron chi connectivity index (χ3n) is 5.00. The summed E-state index contributed by atoms with van der Waals surface area (Å²) >= 11 is 0. The van der Waals surface area contributed by atoms with E-state index in [9.17, 15) is 9.59 Å². The Labute approximate surface area is 141 Å². The summed E-state index contributed by atoms with van der Waals surface area (Å²) in [6.07, 6.45) is 2.09. The number of amides is 2. The van der Waals surface area contributed by atoms with Gasteiger partial charge in [0.25, 0.3) is 0 Å². The standard InChI is InChI=1S/C18H24N2O4/c1-16(2,9-8-13-6-4-3-5-7-13)24-15(23)20-18-10-17(11-18,12-18)19-14(21)22/h3-7,19H,8-12H2,1-2H3,(H,20,23)(H,21,22). The summed E-state index contributed by atoms with van der Waals surface area (Å²) in [5.41, 5.74) is 0.0490. The van der Waals surface area contributed by atoms with E-state index >= 15 is 0 Å². The first-order chi connectivity index (χ1) is 11.2. The highest BCUT2D eigenvalue weighted by Crippen LogP contribution is 2.60. The van der Waals surface area contributed by atoms with Crippen molar-refractivity contribution in [2.45, 2.75) is 62.6 Å². The summed E-state index contributed by atoms with van der Waals surface area (Å²) in [5, 5.41) is 14.2. The lowest BCUT2D eigenvalue weighted by molar-refractivity contribution is -0.0991. The van der Waals surface area contributed by atoms with Gasteiger partial charge in [0.1, 0.15) is 5.60 Å². The van der Waals surface area contributed by atoms with Crippen molar-refractivity contribution >= 4 is 12.2 Å². The lowest BCUT2D eigenvalue weighted by Gasteiger charge is -2.69. The number of ether oxygens (including phenoxy) is 1. The molecule has 3 N–H and O–H groups in total. The number of carbonyl (C=O) groups excluding carboxylic acids is 1. The van der Waals surface area contributed by atoms with Gasteiger partial charge in [0.15, 0.2) is 0 Å². The minimum absolute atomic E-state index is 0.283. The highest BCUT2D eigenvalue weighted by atomic mass is 16.6. The molecule has 3 aliphatic rings. The number of hydrogen-bond donors (Lipinski definition) is 3. The molecule has 1 aromatic carbocycles. The van der Waals surface area contributed by atoms with E-state index in [0.29, 0.717) is 19.3 Å². The van der Waals surface area contributed by atoms with Gasteiger partial charge in [-0.3, -0.25) is 0 Å². The molecule has 3 saturated carbocycles. The molecule has 0 saturated heterocycles. The average molecular weight is 332 g/mol. The van der Waals surface area contributed by atoms with E-state index in [2.05, 4.69) is 22.8 Å². The van der Waals surface area contributed by atoms with Crippen molar-refractivity contribution < 1.29 is 19.4 Å². The first-order valence-electron chi connectivity index (χ1n) is 8.28. The quantitative estimate of drug-likeness (QED) is 0.747. The van der Waals surface area contributed by atoms with Crippen LogP contribution >= 0.6 is 0 Å². The molecule has 1 aromatic rings. The van der Waals surface area contributed by atoms with Crippen LogP contribution in [0.5, 0.6) is 0 Å². The van der Waals surface area contributed by atoms with Crippen LogP contribution in [0.1, 0.15) is 45.1 Å². The van der Waals surface area contributed by atoms with E-state index in [-0.39, 0.29) is 11.1 Å². The smallest absolute Gasteiger partial charge is 0.408 e. The lowest BCUT2D eigenvalue weighted by atomic mass is 9.44. The molecular formula is C18H24N2O4. The van der Waals surface area contributed by atoms with Gasteiger partial charge in [0, 0.05) is 0 Å². The number of rotatable bonds is 6. The molecule has 0 aliphatic heterocycles. The van der Waals surface area contributed by atoms with Crippen LogP contribution in [0.25, 0.3) is 0 Å². The van der Waals surface area contributed by atoms with Gasteiger partial charge in [-0.2, -0.15) is 0 Å². The Kier molecular flexibility index (Phi) is 3.94. The van der Waals surface area contributed by atoms with Crippen LogP contribution in [0.15, 0.2) is 30.3 Å². The Morgan fingerprint density at radius 3 is 2.29 bits per heavy atom. The molecule has 0 spiro atoms. The van der Waals surface area contributed by atoms with Gasteiger partial charge in [0.05, 0.1) is 11.1 Å². The van der Waals surface area contributed by atoms with E-state index in [4.69, 9.17) is 9.84 Å². The molecule has 0 atom stereocenters. The van der Waals surface area contributed by atoms with Crippen molar-refractivity contribution in [1.29, 1.82) is 0 Å². The van der Waals surface area contributed by atoms with E-state index in [1.54, 1.807) is 0 Å². The van der Waals surface area contributed by atoms with Gasteiger partial charge in [-0.05, 0) is 51.5 Å². The molecule has 0 radical (unpaired) electrons. The maximum atomic E-state index is 12.2. The van der Waals surface area contributed by atoms with Crippen molar-refractivity contribution in [2.24, 2.45) is 0 Å². The second kappa shape index (κ2) is 5.69. The van der Waals surface area contributed by atoms with Gasteiger partial charge in [0.2, 0.25) is 0 Å². The summed E-state index contributed by atoms with van der Waals surface area (Å²) in [4.78, 5) is 22.9. The van der Waals surface area contributed by atoms with E-state index in [0.717, 1.165) is 12.8 Å². The van der Waals surface area contributed by atoms with Gasteiger partial charge < -0.3 is 20.5 Å². The average Bonchev–Trinajstić information content (AvgIpc) is 2.42. The molecule has 0 unspecified atom stereocenters. The summed E-state index contributed by atoms with van der Waals surface area (Å²) in [5.74, 6) is 0. The van der Waals surface area contributed by atoms with E-state index < -0.39 is 17.8 Å². The third kappa shape index (κ3) is 3.47. The molecule has 130 valence electrons. The normalized spacial score (nSPS) is 27.4. The Bertz CT molecular complexity index is 622. The molecule has 3 fully saturated rings. The highest BCUT2D eigenvalue weighted by Gasteiger charge is 2.69. The molecule has 2 bridgehead atoms. The molecule has 0 heterocycles. The molecule has 3 aliphatic carbocycles. The SMILES string of the molecule is CC(C)(CCc1ccccc1)OC(=O)NC12CC(NC(=O)O)(C1)C2. The maximum absolute atomic E-state index is 12.2. The fourth-order valence-corrected chi connectivity index (χ4v) is 3.91. The van der Waals surface area contributed by atoms with Gasteiger partial charge in [-0.15, -0.1) is 0 Å². The zero-order valence-electron chi connectivity index (χ0n) is 14.1. The van der Waals surface area contributed by atoms with Crippen LogP contribution in [-0.2, 0) is 11.2 Å². The third-order valence-corrected chi connectivity index (χ3v) is 5.00. The second-order valence-corrected chi connectivity index (χ2v) is 7.78. The maximum Gasteiger partial charge on any atom is 0.408 e. The highest BCUT2D eigenvalue weighted by molar-refractivity contribution is 5.72. The van der Waals surface area contributed by atoms with E-state index in [1.807, 2.05) is 32.0 Å². The van der Waals surface area contributed by atoms with Crippen LogP contribution in [0.4, 0.5) is 9.59 Å². The van der Waals surface area contributed by atoms with Crippen molar-refractivity contribution in [3.05, 3.63) is 35.9 Å². The topological polar surface area (TPSA) is 87.7 Å².